The highest BCUT2D eigenvalue weighted by atomic mass is 79.9. The van der Waals surface area contributed by atoms with Crippen molar-refractivity contribution >= 4 is 63.1 Å². The van der Waals surface area contributed by atoms with E-state index < -0.39 is 17.8 Å². The molecule has 1 aliphatic rings. The van der Waals surface area contributed by atoms with E-state index in [1.165, 1.54) is 13.2 Å². The summed E-state index contributed by atoms with van der Waals surface area (Å²) in [6, 6.07) is 7.55. The van der Waals surface area contributed by atoms with E-state index in [4.69, 9.17) is 32.7 Å². The molecule has 0 atom stereocenters. The summed E-state index contributed by atoms with van der Waals surface area (Å²) in [5.41, 5.74) is 1.09. The molecule has 10 heteroatoms. The zero-order chi connectivity index (χ0) is 21.1. The SMILES string of the molecule is COc1cc(C=C2C(=O)NC(=O)NC2=O)cc(Br)c1OCc1ccc(Cl)c(Cl)c1. The molecule has 2 N–H and O–H groups in total. The molecule has 0 bridgehead atoms. The van der Waals surface area contributed by atoms with Crippen LogP contribution < -0.4 is 20.1 Å². The number of amides is 4. The summed E-state index contributed by atoms with van der Waals surface area (Å²) in [7, 11) is 1.46. The predicted octanol–water partition coefficient (Wildman–Crippen LogP) is 4.09. The van der Waals surface area contributed by atoms with Crippen molar-refractivity contribution in [2.45, 2.75) is 6.61 Å². The Hall–Kier alpha value is -2.55. The summed E-state index contributed by atoms with van der Waals surface area (Å²) in [5, 5.41) is 4.90. The first kappa shape index (κ1) is 21.2. The maximum Gasteiger partial charge on any atom is 0.328 e. The van der Waals surface area contributed by atoms with Crippen LogP contribution in [0, 0.1) is 0 Å². The van der Waals surface area contributed by atoms with E-state index in [1.807, 2.05) is 10.6 Å². The van der Waals surface area contributed by atoms with Crippen LogP contribution >= 0.6 is 39.1 Å². The van der Waals surface area contributed by atoms with Gasteiger partial charge in [0.05, 0.1) is 21.6 Å². The Morgan fingerprint density at radius 1 is 1.03 bits per heavy atom. The molecule has 1 saturated heterocycles. The number of carbonyl (C=O) groups excluding carboxylic acids is 3. The molecular weight excluding hydrogens is 487 g/mol. The summed E-state index contributed by atoms with van der Waals surface area (Å²) in [6.45, 7) is 0.208. The molecule has 2 aromatic carbocycles. The number of barbiturate groups is 1. The van der Waals surface area contributed by atoms with Crippen molar-refractivity contribution in [3.05, 3.63) is 61.5 Å². The molecule has 0 spiro atoms. The molecule has 0 aliphatic carbocycles. The molecule has 1 aliphatic heterocycles. The topological polar surface area (TPSA) is 93.7 Å². The quantitative estimate of drug-likeness (QED) is 0.477. The molecule has 1 heterocycles. The van der Waals surface area contributed by atoms with E-state index in [-0.39, 0.29) is 12.2 Å². The fourth-order valence-electron chi connectivity index (χ4n) is 2.52. The molecule has 0 radical (unpaired) electrons. The Balaban J connectivity index is 1.86. The van der Waals surface area contributed by atoms with Gasteiger partial charge in [0.2, 0.25) is 0 Å². The molecule has 1 fully saturated rings. The van der Waals surface area contributed by atoms with Crippen LogP contribution in [0.5, 0.6) is 11.5 Å². The first-order chi connectivity index (χ1) is 13.8. The van der Waals surface area contributed by atoms with Gasteiger partial charge in [-0.25, -0.2) is 4.79 Å². The standard InChI is InChI=1S/C19H13BrCl2N2O5/c1-28-15-7-10(4-11-17(25)23-19(27)24-18(11)26)5-12(20)16(15)29-8-9-2-3-13(21)14(22)6-9/h2-7H,8H2,1H3,(H2,23,24,25,26,27). The van der Waals surface area contributed by atoms with Gasteiger partial charge in [0, 0.05) is 0 Å². The summed E-state index contributed by atoms with van der Waals surface area (Å²) >= 11 is 15.3. The lowest BCUT2D eigenvalue weighted by Gasteiger charge is -2.16. The van der Waals surface area contributed by atoms with Crippen molar-refractivity contribution in [2.75, 3.05) is 7.11 Å². The van der Waals surface area contributed by atoms with E-state index in [1.54, 1.807) is 30.3 Å². The van der Waals surface area contributed by atoms with E-state index in [0.29, 0.717) is 31.6 Å². The van der Waals surface area contributed by atoms with Crippen molar-refractivity contribution in [1.29, 1.82) is 0 Å². The van der Waals surface area contributed by atoms with Crippen LogP contribution in [0.25, 0.3) is 6.08 Å². The zero-order valence-corrected chi connectivity index (χ0v) is 17.9. The highest BCUT2D eigenvalue weighted by Gasteiger charge is 2.27. The van der Waals surface area contributed by atoms with Crippen LogP contribution in [0.4, 0.5) is 4.79 Å². The smallest absolute Gasteiger partial charge is 0.328 e. The van der Waals surface area contributed by atoms with Crippen LogP contribution in [0.3, 0.4) is 0 Å². The maximum atomic E-state index is 11.9. The predicted molar refractivity (Wildman–Crippen MR) is 111 cm³/mol. The van der Waals surface area contributed by atoms with Gasteiger partial charge in [0.1, 0.15) is 12.2 Å². The monoisotopic (exact) mass is 498 g/mol. The maximum absolute atomic E-state index is 11.9. The van der Waals surface area contributed by atoms with Crippen LogP contribution in [-0.2, 0) is 16.2 Å². The fourth-order valence-corrected chi connectivity index (χ4v) is 3.42. The second kappa shape index (κ2) is 8.86. The normalized spacial score (nSPS) is 13.7. The number of nitrogens with one attached hydrogen (secondary N) is 2. The number of halogens is 3. The molecule has 7 nitrogen and oxygen atoms in total. The van der Waals surface area contributed by atoms with Crippen molar-refractivity contribution in [3.8, 4) is 11.5 Å². The fraction of sp³-hybridized carbons (Fsp3) is 0.105. The van der Waals surface area contributed by atoms with Gasteiger partial charge >= 0.3 is 6.03 Å². The second-order valence-corrected chi connectivity index (χ2v) is 7.54. The lowest BCUT2D eigenvalue weighted by Crippen LogP contribution is -2.51. The van der Waals surface area contributed by atoms with Crippen LogP contribution in [-0.4, -0.2) is 25.0 Å². The number of hydrogen-bond donors (Lipinski definition) is 2. The third-order valence-corrected chi connectivity index (χ3v) is 5.20. The van der Waals surface area contributed by atoms with Crippen LogP contribution in [0.1, 0.15) is 11.1 Å². The third-order valence-electron chi connectivity index (χ3n) is 3.87. The number of hydrogen-bond acceptors (Lipinski definition) is 5. The Labute approximate surface area is 184 Å². The van der Waals surface area contributed by atoms with Crippen LogP contribution in [0.2, 0.25) is 10.0 Å². The van der Waals surface area contributed by atoms with Gasteiger partial charge in [-0.1, -0.05) is 29.3 Å². The highest BCUT2D eigenvalue weighted by Crippen LogP contribution is 2.38. The van der Waals surface area contributed by atoms with Crippen molar-refractivity contribution in [3.63, 3.8) is 0 Å². The lowest BCUT2D eigenvalue weighted by molar-refractivity contribution is -0.123. The summed E-state index contributed by atoms with van der Waals surface area (Å²) < 4.78 is 11.8. The number of urea groups is 1. The van der Waals surface area contributed by atoms with Gasteiger partial charge in [-0.05, 0) is 57.4 Å². The largest absolute Gasteiger partial charge is 0.493 e. The van der Waals surface area contributed by atoms with E-state index in [2.05, 4.69) is 15.9 Å². The van der Waals surface area contributed by atoms with Gasteiger partial charge in [-0.2, -0.15) is 0 Å². The number of imide groups is 2. The molecular formula is C19H13BrCl2N2O5. The molecule has 4 amide bonds. The van der Waals surface area contributed by atoms with E-state index in [9.17, 15) is 14.4 Å². The summed E-state index contributed by atoms with van der Waals surface area (Å²) in [4.78, 5) is 34.9. The average molecular weight is 500 g/mol. The Kier molecular flexibility index (Phi) is 6.46. The van der Waals surface area contributed by atoms with Crippen molar-refractivity contribution < 1.29 is 23.9 Å². The van der Waals surface area contributed by atoms with Gasteiger partial charge in [-0.3, -0.25) is 20.2 Å². The molecule has 0 aromatic heterocycles. The third kappa shape index (κ3) is 4.90. The molecule has 2 aromatic rings. The number of rotatable bonds is 5. The van der Waals surface area contributed by atoms with Crippen molar-refractivity contribution in [2.24, 2.45) is 0 Å². The molecule has 0 saturated carbocycles. The molecule has 0 unspecified atom stereocenters. The zero-order valence-electron chi connectivity index (χ0n) is 14.8. The van der Waals surface area contributed by atoms with E-state index in [0.717, 1.165) is 5.56 Å². The van der Waals surface area contributed by atoms with Gasteiger partial charge in [0.25, 0.3) is 11.8 Å². The Morgan fingerprint density at radius 2 is 1.72 bits per heavy atom. The number of benzene rings is 2. The van der Waals surface area contributed by atoms with Crippen LogP contribution in [0.15, 0.2) is 40.4 Å². The number of methoxy groups -OCH3 is 1. The van der Waals surface area contributed by atoms with Gasteiger partial charge in [-0.15, -0.1) is 0 Å². The minimum absolute atomic E-state index is 0.206. The summed E-state index contributed by atoms with van der Waals surface area (Å²) in [6.07, 6.45) is 1.34. The number of ether oxygens (including phenoxy) is 2. The van der Waals surface area contributed by atoms with E-state index >= 15 is 0 Å². The average Bonchev–Trinajstić information content (AvgIpc) is 2.66. The second-order valence-electron chi connectivity index (χ2n) is 5.87. The minimum atomic E-state index is -0.859. The Bertz CT molecular complexity index is 1030. The Morgan fingerprint density at radius 3 is 2.34 bits per heavy atom. The molecule has 29 heavy (non-hydrogen) atoms. The summed E-state index contributed by atoms with van der Waals surface area (Å²) in [5.74, 6) is -0.769. The number of carbonyl (C=O) groups is 3. The highest BCUT2D eigenvalue weighted by molar-refractivity contribution is 9.10. The molecule has 150 valence electrons. The molecule has 3 rings (SSSR count). The first-order valence-electron chi connectivity index (χ1n) is 8.11. The van der Waals surface area contributed by atoms with Crippen molar-refractivity contribution in [1.82, 2.24) is 10.6 Å². The lowest BCUT2D eigenvalue weighted by atomic mass is 10.1. The minimum Gasteiger partial charge on any atom is -0.493 e. The van der Waals surface area contributed by atoms with Gasteiger partial charge < -0.3 is 9.47 Å². The first-order valence-corrected chi connectivity index (χ1v) is 9.66. The van der Waals surface area contributed by atoms with Gasteiger partial charge in [0.15, 0.2) is 11.5 Å².